The zero-order chi connectivity index (χ0) is 15.0. The van der Waals surface area contributed by atoms with Crippen LogP contribution in [0.25, 0.3) is 16.9 Å². The van der Waals surface area contributed by atoms with Gasteiger partial charge in [0.25, 0.3) is 0 Å². The van der Waals surface area contributed by atoms with Crippen LogP contribution in [0.15, 0.2) is 44.1 Å². The molecule has 0 saturated heterocycles. The molecule has 0 radical (unpaired) electrons. The van der Waals surface area contributed by atoms with Crippen molar-refractivity contribution in [3.8, 4) is 16.9 Å². The summed E-state index contributed by atoms with van der Waals surface area (Å²) in [6.45, 7) is 2.02. The standard InChI is InChI=1S/C15H10Br2N2OS/c1-9-4-11(16)2-3-14(9)19-5-10(6-20)15(18-19)12-7-21-8-13(12)17/h2-8H,1H3. The number of carbonyl (C=O) groups is 1. The smallest absolute Gasteiger partial charge is 0.153 e. The van der Waals surface area contributed by atoms with Crippen LogP contribution in [0.3, 0.4) is 0 Å². The van der Waals surface area contributed by atoms with E-state index in [-0.39, 0.29) is 0 Å². The Morgan fingerprint density at radius 3 is 2.71 bits per heavy atom. The molecule has 2 heterocycles. The molecule has 0 bridgehead atoms. The summed E-state index contributed by atoms with van der Waals surface area (Å²) in [5.74, 6) is 0. The number of aldehydes is 1. The van der Waals surface area contributed by atoms with Gasteiger partial charge in [-0.2, -0.15) is 16.4 Å². The first-order chi connectivity index (χ1) is 10.1. The van der Waals surface area contributed by atoms with Gasteiger partial charge in [0.15, 0.2) is 6.29 Å². The van der Waals surface area contributed by atoms with Gasteiger partial charge in [0, 0.05) is 31.5 Å². The van der Waals surface area contributed by atoms with Gasteiger partial charge < -0.3 is 0 Å². The Morgan fingerprint density at radius 1 is 1.29 bits per heavy atom. The molecular formula is C15H10Br2N2OS. The number of benzene rings is 1. The van der Waals surface area contributed by atoms with Crippen LogP contribution in [-0.2, 0) is 0 Å². The van der Waals surface area contributed by atoms with Gasteiger partial charge in [0.05, 0.1) is 11.3 Å². The van der Waals surface area contributed by atoms with Gasteiger partial charge in [-0.3, -0.25) is 4.79 Å². The lowest BCUT2D eigenvalue weighted by atomic mass is 10.2. The van der Waals surface area contributed by atoms with Crippen molar-refractivity contribution in [3.05, 3.63) is 55.2 Å². The first-order valence-corrected chi connectivity index (χ1v) is 8.66. The molecule has 3 rings (SSSR count). The molecule has 0 atom stereocenters. The average molecular weight is 426 g/mol. The number of hydrogen-bond donors (Lipinski definition) is 0. The second kappa shape index (κ2) is 5.87. The van der Waals surface area contributed by atoms with E-state index >= 15 is 0 Å². The summed E-state index contributed by atoms with van der Waals surface area (Å²) < 4.78 is 3.73. The minimum absolute atomic E-state index is 0.580. The molecule has 0 aliphatic carbocycles. The van der Waals surface area contributed by atoms with Crippen molar-refractivity contribution in [1.29, 1.82) is 0 Å². The number of aromatic nitrogens is 2. The van der Waals surface area contributed by atoms with Gasteiger partial charge >= 0.3 is 0 Å². The monoisotopic (exact) mass is 424 g/mol. The molecule has 106 valence electrons. The zero-order valence-corrected chi connectivity index (χ0v) is 15.0. The molecule has 0 saturated carbocycles. The SMILES string of the molecule is Cc1cc(Br)ccc1-n1cc(C=O)c(-c2cscc2Br)n1. The van der Waals surface area contributed by atoms with Gasteiger partial charge in [0.1, 0.15) is 5.69 Å². The number of rotatable bonds is 3. The molecule has 0 aliphatic heterocycles. The topological polar surface area (TPSA) is 34.9 Å². The third-order valence-corrected chi connectivity index (χ3v) is 5.34. The van der Waals surface area contributed by atoms with Crippen molar-refractivity contribution in [2.75, 3.05) is 0 Å². The lowest BCUT2D eigenvalue weighted by Crippen LogP contribution is -1.97. The van der Waals surface area contributed by atoms with E-state index in [1.54, 1.807) is 22.2 Å². The number of nitrogens with zero attached hydrogens (tertiary/aromatic N) is 2. The van der Waals surface area contributed by atoms with E-state index in [2.05, 4.69) is 37.0 Å². The molecule has 3 aromatic rings. The van der Waals surface area contributed by atoms with Crippen molar-refractivity contribution >= 4 is 49.5 Å². The van der Waals surface area contributed by atoms with Crippen LogP contribution >= 0.6 is 43.2 Å². The maximum absolute atomic E-state index is 11.3. The molecule has 2 aromatic heterocycles. The second-order valence-electron chi connectivity index (χ2n) is 4.56. The summed E-state index contributed by atoms with van der Waals surface area (Å²) in [5, 5.41) is 8.56. The zero-order valence-electron chi connectivity index (χ0n) is 11.0. The fourth-order valence-electron chi connectivity index (χ4n) is 2.13. The van der Waals surface area contributed by atoms with Crippen LogP contribution in [0.1, 0.15) is 15.9 Å². The van der Waals surface area contributed by atoms with Crippen molar-refractivity contribution in [1.82, 2.24) is 9.78 Å². The highest BCUT2D eigenvalue weighted by Crippen LogP contribution is 2.33. The Balaban J connectivity index is 2.16. The van der Waals surface area contributed by atoms with E-state index in [1.807, 2.05) is 35.9 Å². The largest absolute Gasteiger partial charge is 0.298 e. The molecule has 1 aromatic carbocycles. The summed E-state index contributed by atoms with van der Waals surface area (Å²) >= 11 is 8.52. The summed E-state index contributed by atoms with van der Waals surface area (Å²) in [6.07, 6.45) is 2.61. The third-order valence-electron chi connectivity index (χ3n) is 3.14. The Kier molecular flexibility index (Phi) is 4.10. The molecule has 0 aliphatic rings. The van der Waals surface area contributed by atoms with Gasteiger partial charge in [-0.1, -0.05) is 15.9 Å². The minimum atomic E-state index is 0.580. The number of hydrogen-bond acceptors (Lipinski definition) is 3. The highest BCUT2D eigenvalue weighted by atomic mass is 79.9. The highest BCUT2D eigenvalue weighted by molar-refractivity contribution is 9.10. The molecule has 0 N–H and O–H groups in total. The Morgan fingerprint density at radius 2 is 2.10 bits per heavy atom. The summed E-state index contributed by atoms with van der Waals surface area (Å²) in [6, 6.07) is 5.97. The summed E-state index contributed by atoms with van der Waals surface area (Å²) in [7, 11) is 0. The van der Waals surface area contributed by atoms with Crippen molar-refractivity contribution < 1.29 is 4.79 Å². The maximum Gasteiger partial charge on any atom is 0.153 e. The molecule has 3 nitrogen and oxygen atoms in total. The first-order valence-electron chi connectivity index (χ1n) is 6.13. The highest BCUT2D eigenvalue weighted by Gasteiger charge is 2.15. The van der Waals surface area contributed by atoms with E-state index in [0.29, 0.717) is 11.3 Å². The number of aryl methyl sites for hydroxylation is 1. The van der Waals surface area contributed by atoms with Crippen LogP contribution in [-0.4, -0.2) is 16.1 Å². The molecule has 0 amide bonds. The predicted molar refractivity (Wildman–Crippen MR) is 92.4 cm³/mol. The van der Waals surface area contributed by atoms with Crippen LogP contribution in [0.4, 0.5) is 0 Å². The van der Waals surface area contributed by atoms with E-state index in [4.69, 9.17) is 0 Å². The lowest BCUT2D eigenvalue weighted by molar-refractivity contribution is 0.112. The molecule has 0 unspecified atom stereocenters. The Bertz CT molecular complexity index is 823. The fourth-order valence-corrected chi connectivity index (χ4v) is 4.07. The predicted octanol–water partition coefficient (Wildman–Crippen LogP) is 5.25. The van der Waals surface area contributed by atoms with E-state index in [1.165, 1.54) is 0 Å². The molecule has 6 heteroatoms. The molecule has 21 heavy (non-hydrogen) atoms. The summed E-state index contributed by atoms with van der Waals surface area (Å²) in [4.78, 5) is 11.3. The van der Waals surface area contributed by atoms with Crippen molar-refractivity contribution in [2.45, 2.75) is 6.92 Å². The maximum atomic E-state index is 11.3. The first kappa shape index (κ1) is 14.7. The number of halogens is 2. The minimum Gasteiger partial charge on any atom is -0.298 e. The summed E-state index contributed by atoms with van der Waals surface area (Å²) in [5.41, 5.74) is 4.26. The molecular weight excluding hydrogens is 416 g/mol. The quantitative estimate of drug-likeness (QED) is 0.537. The molecule has 0 spiro atoms. The number of thiophene rings is 1. The normalized spacial score (nSPS) is 10.8. The third kappa shape index (κ3) is 2.75. The van der Waals surface area contributed by atoms with E-state index in [0.717, 1.165) is 32.0 Å². The van der Waals surface area contributed by atoms with Gasteiger partial charge in [-0.25, -0.2) is 4.68 Å². The van der Waals surface area contributed by atoms with Crippen LogP contribution in [0, 0.1) is 6.92 Å². The fraction of sp³-hybridized carbons (Fsp3) is 0.0667. The van der Waals surface area contributed by atoms with Crippen LogP contribution in [0.2, 0.25) is 0 Å². The van der Waals surface area contributed by atoms with Crippen LogP contribution in [0.5, 0.6) is 0 Å². The second-order valence-corrected chi connectivity index (χ2v) is 7.07. The van der Waals surface area contributed by atoms with Crippen molar-refractivity contribution in [3.63, 3.8) is 0 Å². The van der Waals surface area contributed by atoms with Gasteiger partial charge in [0.2, 0.25) is 0 Å². The van der Waals surface area contributed by atoms with E-state index < -0.39 is 0 Å². The average Bonchev–Trinajstić information content (AvgIpc) is 3.04. The van der Waals surface area contributed by atoms with Gasteiger partial charge in [-0.05, 0) is 46.6 Å². The van der Waals surface area contributed by atoms with E-state index in [9.17, 15) is 4.79 Å². The van der Waals surface area contributed by atoms with Crippen molar-refractivity contribution in [2.24, 2.45) is 0 Å². The lowest BCUT2D eigenvalue weighted by Gasteiger charge is -2.05. The number of carbonyl (C=O) groups excluding carboxylic acids is 1. The Hall–Kier alpha value is -1.24. The van der Waals surface area contributed by atoms with Crippen LogP contribution < -0.4 is 0 Å². The van der Waals surface area contributed by atoms with Gasteiger partial charge in [-0.15, -0.1) is 0 Å². The molecule has 0 fully saturated rings. The Labute approximate surface area is 142 Å².